The highest BCUT2D eigenvalue weighted by Crippen LogP contribution is 2.50. The fourth-order valence-corrected chi connectivity index (χ4v) is 7.06. The van der Waals surface area contributed by atoms with E-state index in [4.69, 9.17) is 21.1 Å². The molecule has 252 valence electrons. The molecule has 0 aliphatic carbocycles. The third kappa shape index (κ3) is 6.21. The molecule has 0 bridgehead atoms. The number of para-hydroxylation sites is 1. The molecule has 2 fully saturated rings. The van der Waals surface area contributed by atoms with Gasteiger partial charge >= 0.3 is 6.18 Å². The van der Waals surface area contributed by atoms with Gasteiger partial charge in [0.2, 0.25) is 11.7 Å². The molecule has 3 aliphatic heterocycles. The summed E-state index contributed by atoms with van der Waals surface area (Å²) < 4.78 is 66.9. The molecule has 4 aromatic rings. The lowest BCUT2D eigenvalue weighted by atomic mass is 9.88. The van der Waals surface area contributed by atoms with Crippen LogP contribution in [0.3, 0.4) is 0 Å². The number of piperidine rings is 1. The molecule has 2 aromatic heterocycles. The van der Waals surface area contributed by atoms with Gasteiger partial charge in [-0.05, 0) is 80.6 Å². The Hall–Kier alpha value is -4.23. The molecule has 7 rings (SSSR count). The number of rotatable bonds is 7. The van der Waals surface area contributed by atoms with Crippen LogP contribution in [-0.4, -0.2) is 62.6 Å². The van der Waals surface area contributed by atoms with E-state index in [1.807, 2.05) is 23.3 Å². The topological polar surface area (TPSA) is 96.5 Å². The number of nitrogens with zero attached hydrogens (tertiary/aromatic N) is 5. The van der Waals surface area contributed by atoms with Crippen molar-refractivity contribution in [3.8, 4) is 22.9 Å². The number of benzene rings is 2. The van der Waals surface area contributed by atoms with Crippen molar-refractivity contribution < 1.29 is 31.8 Å². The van der Waals surface area contributed by atoms with Crippen LogP contribution in [0.25, 0.3) is 11.4 Å². The highest BCUT2D eigenvalue weighted by atomic mass is 35.5. The molecule has 48 heavy (non-hydrogen) atoms. The molecule has 14 heteroatoms. The fraction of sp³-hybridized carbons (Fsp3) is 0.412. The SMILES string of the molecule is CN1CC[C@H](Cc2cc(-c3n[nH]c(C(F)(F)F)n3)cnc2CN2CCC(c3cccc4c3O[C@@](C)(c3ccc(Cl)cc3F)O4)CC2)C1=O. The first-order chi connectivity index (χ1) is 22.9. The molecule has 2 aromatic carbocycles. The first-order valence-electron chi connectivity index (χ1n) is 15.8. The summed E-state index contributed by atoms with van der Waals surface area (Å²) in [5.41, 5.74) is 3.17. The standard InChI is InChI=1S/C34H33ClF4N6O3/c1-33(25-7-6-23(35)16-26(25)36)47-28-5-3-4-24(29(28)48-33)19-9-12-45(13-10-19)18-27-21(14-20-8-11-44(2)31(20)46)15-22(17-40-27)30-41-32(43-42-30)34(37,38)39/h3-7,15-17,19-20H,8-14,18H2,1-2H3,(H,41,42,43)/t20-,33+/m1/s1. The zero-order valence-electron chi connectivity index (χ0n) is 26.3. The van der Waals surface area contributed by atoms with Crippen molar-refractivity contribution in [2.45, 2.75) is 57.0 Å². The van der Waals surface area contributed by atoms with Crippen LogP contribution in [0, 0.1) is 11.7 Å². The number of aromatic nitrogens is 4. The van der Waals surface area contributed by atoms with Gasteiger partial charge in [-0.25, -0.2) is 9.37 Å². The summed E-state index contributed by atoms with van der Waals surface area (Å²) in [6.45, 7) is 4.36. The number of pyridine rings is 1. The van der Waals surface area contributed by atoms with Crippen molar-refractivity contribution in [2.24, 2.45) is 5.92 Å². The minimum absolute atomic E-state index is 0.0425. The first kappa shape index (κ1) is 32.3. The number of fused-ring (bicyclic) bond motifs is 1. The Morgan fingerprint density at radius 1 is 1.08 bits per heavy atom. The summed E-state index contributed by atoms with van der Waals surface area (Å²) in [6.07, 6.45) is -0.400. The van der Waals surface area contributed by atoms with Crippen molar-refractivity contribution in [3.05, 3.63) is 87.7 Å². The second-order valence-electron chi connectivity index (χ2n) is 12.8. The Kier molecular flexibility index (Phi) is 8.31. The van der Waals surface area contributed by atoms with Gasteiger partial charge in [0.15, 0.2) is 17.3 Å². The number of H-pyrrole nitrogens is 1. The number of likely N-dealkylation sites (tertiary alicyclic amines) is 2. The van der Waals surface area contributed by atoms with Gasteiger partial charge in [-0.1, -0.05) is 23.7 Å². The maximum absolute atomic E-state index is 14.9. The lowest BCUT2D eigenvalue weighted by molar-refractivity contribution is -0.144. The molecule has 2 saturated heterocycles. The highest BCUT2D eigenvalue weighted by Gasteiger charge is 2.43. The Balaban J connectivity index is 1.07. The molecule has 0 saturated carbocycles. The van der Waals surface area contributed by atoms with E-state index < -0.39 is 23.6 Å². The summed E-state index contributed by atoms with van der Waals surface area (Å²) in [5, 5.41) is 6.02. The molecule has 1 amide bonds. The van der Waals surface area contributed by atoms with E-state index in [9.17, 15) is 22.4 Å². The summed E-state index contributed by atoms with van der Waals surface area (Å²) in [6, 6.07) is 11.9. The van der Waals surface area contributed by atoms with E-state index in [1.54, 1.807) is 37.1 Å². The number of ether oxygens (including phenoxy) is 2. The van der Waals surface area contributed by atoms with Crippen LogP contribution in [0.5, 0.6) is 11.5 Å². The van der Waals surface area contributed by atoms with E-state index in [0.29, 0.717) is 43.0 Å². The summed E-state index contributed by atoms with van der Waals surface area (Å²) in [5.74, 6) is -1.98. The molecule has 3 aliphatic rings. The van der Waals surface area contributed by atoms with Crippen molar-refractivity contribution in [2.75, 3.05) is 26.7 Å². The number of hydrogen-bond acceptors (Lipinski definition) is 7. The van der Waals surface area contributed by atoms with Gasteiger partial charge in [-0.2, -0.15) is 18.3 Å². The average Bonchev–Trinajstić information content (AvgIpc) is 3.76. The maximum Gasteiger partial charge on any atom is 0.451 e. The largest absolute Gasteiger partial charge is 0.451 e. The Morgan fingerprint density at radius 2 is 1.88 bits per heavy atom. The summed E-state index contributed by atoms with van der Waals surface area (Å²) >= 11 is 5.97. The number of nitrogens with one attached hydrogen (secondary N) is 1. The zero-order valence-corrected chi connectivity index (χ0v) is 27.0. The van der Waals surface area contributed by atoms with Gasteiger partial charge < -0.3 is 14.4 Å². The molecular formula is C34H33ClF4N6O3. The van der Waals surface area contributed by atoms with Gasteiger partial charge in [0.05, 0.1) is 11.3 Å². The predicted octanol–water partition coefficient (Wildman–Crippen LogP) is 6.72. The van der Waals surface area contributed by atoms with Crippen LogP contribution >= 0.6 is 11.6 Å². The van der Waals surface area contributed by atoms with E-state index in [2.05, 4.69) is 20.0 Å². The van der Waals surface area contributed by atoms with Crippen molar-refractivity contribution in [3.63, 3.8) is 0 Å². The Labute approximate surface area is 279 Å². The molecule has 1 N–H and O–H groups in total. The maximum atomic E-state index is 14.9. The van der Waals surface area contributed by atoms with Gasteiger partial charge in [0.1, 0.15) is 5.82 Å². The lowest BCUT2D eigenvalue weighted by Gasteiger charge is -2.33. The smallest absolute Gasteiger partial charge is 0.444 e. The van der Waals surface area contributed by atoms with Gasteiger partial charge in [0, 0.05) is 55.3 Å². The van der Waals surface area contributed by atoms with Crippen LogP contribution in [0.4, 0.5) is 17.6 Å². The lowest BCUT2D eigenvalue weighted by Crippen LogP contribution is -2.34. The molecule has 0 spiro atoms. The van der Waals surface area contributed by atoms with E-state index in [-0.39, 0.29) is 34.2 Å². The number of alkyl halides is 3. The van der Waals surface area contributed by atoms with Gasteiger partial charge in [-0.15, -0.1) is 0 Å². The van der Waals surface area contributed by atoms with Crippen molar-refractivity contribution in [1.29, 1.82) is 0 Å². The third-order valence-corrected chi connectivity index (χ3v) is 9.74. The van der Waals surface area contributed by atoms with Crippen LogP contribution in [-0.2, 0) is 29.7 Å². The number of hydrogen-bond donors (Lipinski definition) is 1. The average molecular weight is 685 g/mol. The van der Waals surface area contributed by atoms with Crippen LogP contribution < -0.4 is 9.47 Å². The molecule has 0 radical (unpaired) electrons. The molecule has 0 unspecified atom stereocenters. The number of carbonyl (C=O) groups excluding carboxylic acids is 1. The number of halogens is 5. The second kappa shape index (κ2) is 12.3. The number of aromatic amines is 1. The van der Waals surface area contributed by atoms with Crippen molar-refractivity contribution in [1.82, 2.24) is 30.0 Å². The van der Waals surface area contributed by atoms with E-state index >= 15 is 0 Å². The van der Waals surface area contributed by atoms with Gasteiger partial charge in [-0.3, -0.25) is 19.8 Å². The predicted molar refractivity (Wildman–Crippen MR) is 168 cm³/mol. The Morgan fingerprint density at radius 3 is 2.56 bits per heavy atom. The molecule has 2 atom stereocenters. The number of amides is 1. The molecule has 9 nitrogen and oxygen atoms in total. The third-order valence-electron chi connectivity index (χ3n) is 9.51. The molecule has 5 heterocycles. The fourth-order valence-electron chi connectivity index (χ4n) is 6.90. The van der Waals surface area contributed by atoms with Crippen LogP contribution in [0.2, 0.25) is 5.02 Å². The highest BCUT2D eigenvalue weighted by molar-refractivity contribution is 6.30. The van der Waals surface area contributed by atoms with E-state index in [1.165, 1.54) is 12.3 Å². The first-order valence-corrected chi connectivity index (χ1v) is 16.2. The molecular weight excluding hydrogens is 652 g/mol. The van der Waals surface area contributed by atoms with Crippen LogP contribution in [0.15, 0.2) is 48.7 Å². The minimum Gasteiger partial charge on any atom is -0.444 e. The second-order valence-corrected chi connectivity index (χ2v) is 13.2. The summed E-state index contributed by atoms with van der Waals surface area (Å²) in [4.78, 5) is 25.1. The van der Waals surface area contributed by atoms with Gasteiger partial charge in [0.25, 0.3) is 5.79 Å². The monoisotopic (exact) mass is 684 g/mol. The van der Waals surface area contributed by atoms with Crippen LogP contribution in [0.1, 0.15) is 60.3 Å². The zero-order chi connectivity index (χ0) is 33.8. The number of carbonyl (C=O) groups is 1. The van der Waals surface area contributed by atoms with E-state index in [0.717, 1.165) is 42.8 Å². The van der Waals surface area contributed by atoms with Crippen molar-refractivity contribution >= 4 is 17.5 Å². The minimum atomic E-state index is -4.65. The Bertz CT molecular complexity index is 1860. The normalized spacial score (nSPS) is 21.8. The summed E-state index contributed by atoms with van der Waals surface area (Å²) in [7, 11) is 1.77. The quantitative estimate of drug-likeness (QED) is 0.216.